The number of benzene rings is 2. The van der Waals surface area contributed by atoms with Crippen LogP contribution in [0.15, 0.2) is 60.8 Å². The molecular weight excluding hydrogens is 300 g/mol. The second kappa shape index (κ2) is 7.70. The Bertz CT molecular complexity index is 841. The van der Waals surface area contributed by atoms with Crippen molar-refractivity contribution >= 4 is 17.5 Å². The summed E-state index contributed by atoms with van der Waals surface area (Å²) in [6.07, 6.45) is 2.47. The lowest BCUT2D eigenvalue weighted by Crippen LogP contribution is -2.09. The molecule has 0 radical (unpaired) electrons. The number of nitrogens with one attached hydrogen (secondary N) is 2. The maximum absolute atomic E-state index is 9.12. The van der Waals surface area contributed by atoms with Gasteiger partial charge in [0.15, 0.2) is 5.82 Å². The zero-order chi connectivity index (χ0) is 16.6. The first-order valence-corrected chi connectivity index (χ1v) is 7.59. The lowest BCUT2D eigenvalue weighted by Gasteiger charge is -2.08. The molecular formula is C18H16N6. The lowest BCUT2D eigenvalue weighted by atomic mass is 10.1. The van der Waals surface area contributed by atoms with Gasteiger partial charge in [-0.3, -0.25) is 0 Å². The first-order valence-electron chi connectivity index (χ1n) is 7.59. The standard InChI is InChI=1S/C18H16N6/c19-12-15-8-4-5-9-16(15)22-18-23-17(13-21-24-18)20-11-10-14-6-2-1-3-7-14/h1-9,13H,10-11H2,(H2,20,22,23,24). The molecule has 24 heavy (non-hydrogen) atoms. The molecule has 0 amide bonds. The third-order valence-electron chi connectivity index (χ3n) is 3.42. The number of hydrogen-bond donors (Lipinski definition) is 2. The number of aromatic nitrogens is 3. The summed E-state index contributed by atoms with van der Waals surface area (Å²) in [5.74, 6) is 0.986. The van der Waals surface area contributed by atoms with Crippen LogP contribution in [0.2, 0.25) is 0 Å². The predicted octanol–water partition coefficient (Wildman–Crippen LogP) is 3.14. The Balaban J connectivity index is 1.63. The first kappa shape index (κ1) is 15.4. The maximum Gasteiger partial charge on any atom is 0.249 e. The summed E-state index contributed by atoms with van der Waals surface area (Å²) in [7, 11) is 0. The largest absolute Gasteiger partial charge is 0.368 e. The van der Waals surface area contributed by atoms with Crippen LogP contribution in [0.5, 0.6) is 0 Å². The van der Waals surface area contributed by atoms with Crippen molar-refractivity contribution in [1.82, 2.24) is 15.2 Å². The maximum atomic E-state index is 9.12. The molecule has 0 fully saturated rings. The fraction of sp³-hybridized carbons (Fsp3) is 0.111. The van der Waals surface area contributed by atoms with Crippen molar-refractivity contribution in [3.05, 3.63) is 71.9 Å². The Morgan fingerprint density at radius 1 is 1.00 bits per heavy atom. The first-order chi connectivity index (χ1) is 11.8. The van der Waals surface area contributed by atoms with Gasteiger partial charge in [0.25, 0.3) is 0 Å². The SMILES string of the molecule is N#Cc1ccccc1Nc1nncc(NCCc2ccccc2)n1. The molecule has 1 heterocycles. The molecule has 0 aliphatic rings. The summed E-state index contributed by atoms with van der Waals surface area (Å²) in [4.78, 5) is 4.37. The summed E-state index contributed by atoms with van der Waals surface area (Å²) in [5, 5.41) is 23.3. The van der Waals surface area contributed by atoms with E-state index in [1.807, 2.05) is 30.3 Å². The number of rotatable bonds is 6. The van der Waals surface area contributed by atoms with Crippen molar-refractivity contribution in [2.75, 3.05) is 17.2 Å². The van der Waals surface area contributed by atoms with E-state index < -0.39 is 0 Å². The Kier molecular flexibility index (Phi) is 4.95. The van der Waals surface area contributed by atoms with Gasteiger partial charge in [-0.2, -0.15) is 15.3 Å². The molecule has 0 aliphatic heterocycles. The van der Waals surface area contributed by atoms with Gasteiger partial charge in [0.1, 0.15) is 6.07 Å². The number of nitriles is 1. The Labute approximate surface area is 140 Å². The van der Waals surface area contributed by atoms with Gasteiger partial charge in [-0.15, -0.1) is 5.10 Å². The number of hydrogen-bond acceptors (Lipinski definition) is 6. The van der Waals surface area contributed by atoms with Crippen LogP contribution in [0.25, 0.3) is 0 Å². The van der Waals surface area contributed by atoms with E-state index in [1.165, 1.54) is 5.56 Å². The molecule has 118 valence electrons. The highest BCUT2D eigenvalue weighted by molar-refractivity contribution is 5.63. The highest BCUT2D eigenvalue weighted by atomic mass is 15.3. The van der Waals surface area contributed by atoms with Crippen molar-refractivity contribution in [3.8, 4) is 6.07 Å². The topological polar surface area (TPSA) is 86.5 Å². The highest BCUT2D eigenvalue weighted by Crippen LogP contribution is 2.17. The fourth-order valence-corrected chi connectivity index (χ4v) is 2.23. The highest BCUT2D eigenvalue weighted by Gasteiger charge is 2.05. The smallest absolute Gasteiger partial charge is 0.249 e. The molecule has 0 bridgehead atoms. The normalized spacial score (nSPS) is 9.96. The quantitative estimate of drug-likeness (QED) is 0.726. The zero-order valence-electron chi connectivity index (χ0n) is 13.0. The summed E-state index contributed by atoms with van der Waals surface area (Å²) in [6, 6.07) is 19.5. The average Bonchev–Trinajstić information content (AvgIpc) is 2.63. The monoisotopic (exact) mass is 316 g/mol. The second-order valence-corrected chi connectivity index (χ2v) is 5.11. The third-order valence-corrected chi connectivity index (χ3v) is 3.42. The van der Waals surface area contributed by atoms with Gasteiger partial charge in [-0.1, -0.05) is 42.5 Å². The number of anilines is 3. The minimum Gasteiger partial charge on any atom is -0.368 e. The molecule has 0 saturated heterocycles. The van der Waals surface area contributed by atoms with Crippen molar-refractivity contribution in [3.63, 3.8) is 0 Å². The van der Waals surface area contributed by atoms with Crippen molar-refractivity contribution in [2.24, 2.45) is 0 Å². The fourth-order valence-electron chi connectivity index (χ4n) is 2.23. The Morgan fingerprint density at radius 2 is 1.79 bits per heavy atom. The molecule has 2 N–H and O–H groups in total. The van der Waals surface area contributed by atoms with E-state index in [2.05, 4.69) is 44.0 Å². The molecule has 0 saturated carbocycles. The van der Waals surface area contributed by atoms with Crippen LogP contribution in [0.1, 0.15) is 11.1 Å². The van der Waals surface area contributed by atoms with Crippen LogP contribution in [-0.2, 0) is 6.42 Å². The molecule has 0 spiro atoms. The molecule has 0 atom stereocenters. The zero-order valence-corrected chi connectivity index (χ0v) is 13.0. The van der Waals surface area contributed by atoms with Crippen LogP contribution in [0, 0.1) is 11.3 Å². The van der Waals surface area contributed by atoms with Crippen molar-refractivity contribution in [1.29, 1.82) is 5.26 Å². The van der Waals surface area contributed by atoms with Crippen molar-refractivity contribution < 1.29 is 0 Å². The van der Waals surface area contributed by atoms with E-state index in [1.54, 1.807) is 18.3 Å². The average molecular weight is 316 g/mol. The minimum absolute atomic E-state index is 0.349. The summed E-state index contributed by atoms with van der Waals surface area (Å²) in [5.41, 5.74) is 2.44. The van der Waals surface area contributed by atoms with Gasteiger partial charge in [-0.25, -0.2) is 0 Å². The second-order valence-electron chi connectivity index (χ2n) is 5.11. The molecule has 6 heteroatoms. The van der Waals surface area contributed by atoms with Crippen LogP contribution in [-0.4, -0.2) is 21.7 Å². The minimum atomic E-state index is 0.349. The van der Waals surface area contributed by atoms with E-state index in [9.17, 15) is 0 Å². The van der Waals surface area contributed by atoms with Gasteiger partial charge < -0.3 is 10.6 Å². The van der Waals surface area contributed by atoms with Crippen LogP contribution < -0.4 is 10.6 Å². The van der Waals surface area contributed by atoms with Crippen LogP contribution >= 0.6 is 0 Å². The van der Waals surface area contributed by atoms with Gasteiger partial charge in [0.2, 0.25) is 5.95 Å². The molecule has 1 aromatic heterocycles. The number of nitrogens with zero attached hydrogens (tertiary/aromatic N) is 4. The third kappa shape index (κ3) is 4.05. The van der Waals surface area contributed by atoms with Gasteiger partial charge >= 0.3 is 0 Å². The molecule has 2 aromatic carbocycles. The van der Waals surface area contributed by atoms with E-state index in [0.717, 1.165) is 13.0 Å². The van der Waals surface area contributed by atoms with E-state index >= 15 is 0 Å². The summed E-state index contributed by atoms with van der Waals surface area (Å²) >= 11 is 0. The predicted molar refractivity (Wildman–Crippen MR) is 92.9 cm³/mol. The molecule has 6 nitrogen and oxygen atoms in total. The number of para-hydroxylation sites is 1. The van der Waals surface area contributed by atoms with E-state index in [0.29, 0.717) is 23.0 Å². The van der Waals surface area contributed by atoms with Crippen LogP contribution in [0.4, 0.5) is 17.5 Å². The molecule has 0 aliphatic carbocycles. The van der Waals surface area contributed by atoms with E-state index in [-0.39, 0.29) is 0 Å². The lowest BCUT2D eigenvalue weighted by molar-refractivity contribution is 0.950. The Hall–Kier alpha value is -3.46. The van der Waals surface area contributed by atoms with E-state index in [4.69, 9.17) is 5.26 Å². The van der Waals surface area contributed by atoms with Crippen molar-refractivity contribution in [2.45, 2.75) is 6.42 Å². The van der Waals surface area contributed by atoms with Crippen LogP contribution in [0.3, 0.4) is 0 Å². The molecule has 0 unspecified atom stereocenters. The van der Waals surface area contributed by atoms with Gasteiger partial charge in [0.05, 0.1) is 17.4 Å². The summed E-state index contributed by atoms with van der Waals surface area (Å²) < 4.78 is 0. The molecule has 3 rings (SSSR count). The van der Waals surface area contributed by atoms with Gasteiger partial charge in [0, 0.05) is 6.54 Å². The Morgan fingerprint density at radius 3 is 2.62 bits per heavy atom. The van der Waals surface area contributed by atoms with Gasteiger partial charge in [-0.05, 0) is 24.1 Å². The summed E-state index contributed by atoms with van der Waals surface area (Å²) in [6.45, 7) is 0.747. The molecule has 3 aromatic rings.